The van der Waals surface area contributed by atoms with Crippen molar-refractivity contribution in [3.05, 3.63) is 71.8 Å². The van der Waals surface area contributed by atoms with Crippen LogP contribution in [0.4, 0.5) is 11.4 Å². The topological polar surface area (TPSA) is 103 Å². The standard InChI is InChI=1S/C23H22N2O6S/c1-29-19-7-4-17(5-8-19)25-32(27,28)22-14-18(6-10-21(22)30-2)24-23(26)16-3-9-20-15(13-16)11-12-31-20/h3-10,13-14,25H,11-12H2,1-2H3,(H,24,26). The Kier molecular flexibility index (Phi) is 5.91. The summed E-state index contributed by atoms with van der Waals surface area (Å²) in [7, 11) is -1.08. The molecule has 9 heteroatoms. The zero-order valence-electron chi connectivity index (χ0n) is 17.5. The molecule has 1 heterocycles. The van der Waals surface area contributed by atoms with Gasteiger partial charge in [-0.05, 0) is 66.2 Å². The van der Waals surface area contributed by atoms with Gasteiger partial charge in [0.25, 0.3) is 15.9 Å². The number of carbonyl (C=O) groups is 1. The second-order valence-corrected chi connectivity index (χ2v) is 8.73. The fourth-order valence-electron chi connectivity index (χ4n) is 3.36. The zero-order chi connectivity index (χ0) is 22.7. The second-order valence-electron chi connectivity index (χ2n) is 7.07. The van der Waals surface area contributed by atoms with Gasteiger partial charge in [0.2, 0.25) is 0 Å². The van der Waals surface area contributed by atoms with Crippen LogP contribution in [-0.2, 0) is 16.4 Å². The first-order valence-corrected chi connectivity index (χ1v) is 11.3. The summed E-state index contributed by atoms with van der Waals surface area (Å²) in [6.07, 6.45) is 0.748. The van der Waals surface area contributed by atoms with Crippen LogP contribution >= 0.6 is 0 Å². The Balaban J connectivity index is 1.58. The molecule has 0 saturated carbocycles. The van der Waals surface area contributed by atoms with Crippen LogP contribution in [0.25, 0.3) is 0 Å². The minimum atomic E-state index is -3.99. The molecule has 0 saturated heterocycles. The van der Waals surface area contributed by atoms with Crippen LogP contribution in [0.15, 0.2) is 65.6 Å². The van der Waals surface area contributed by atoms with E-state index in [-0.39, 0.29) is 16.6 Å². The molecule has 0 unspecified atom stereocenters. The monoisotopic (exact) mass is 454 g/mol. The van der Waals surface area contributed by atoms with Crippen molar-refractivity contribution in [3.63, 3.8) is 0 Å². The van der Waals surface area contributed by atoms with Crippen LogP contribution < -0.4 is 24.2 Å². The molecule has 0 bridgehead atoms. The van der Waals surface area contributed by atoms with Crippen LogP contribution in [0, 0.1) is 0 Å². The number of methoxy groups -OCH3 is 2. The number of hydrogen-bond donors (Lipinski definition) is 2. The summed E-state index contributed by atoms with van der Waals surface area (Å²) in [5.41, 5.74) is 2.12. The maximum Gasteiger partial charge on any atom is 0.265 e. The van der Waals surface area contributed by atoms with Crippen molar-refractivity contribution in [3.8, 4) is 17.2 Å². The van der Waals surface area contributed by atoms with Crippen molar-refractivity contribution in [2.24, 2.45) is 0 Å². The number of nitrogens with one attached hydrogen (secondary N) is 2. The molecule has 1 aliphatic heterocycles. The first-order valence-electron chi connectivity index (χ1n) is 9.81. The van der Waals surface area contributed by atoms with E-state index in [1.54, 1.807) is 48.5 Å². The fourth-order valence-corrected chi connectivity index (χ4v) is 4.62. The van der Waals surface area contributed by atoms with E-state index in [9.17, 15) is 13.2 Å². The summed E-state index contributed by atoms with van der Waals surface area (Å²) in [5.74, 6) is 1.19. The third-order valence-corrected chi connectivity index (χ3v) is 6.41. The molecule has 3 aromatic rings. The summed E-state index contributed by atoms with van der Waals surface area (Å²) in [5, 5.41) is 2.75. The summed E-state index contributed by atoms with van der Waals surface area (Å²) in [6, 6.07) is 16.1. The lowest BCUT2D eigenvalue weighted by Gasteiger charge is -2.14. The van der Waals surface area contributed by atoms with Gasteiger partial charge in [-0.25, -0.2) is 8.42 Å². The van der Waals surface area contributed by atoms with Gasteiger partial charge in [0.1, 0.15) is 22.1 Å². The molecule has 0 aliphatic carbocycles. The number of carbonyl (C=O) groups excluding carboxylic acids is 1. The molecule has 166 valence electrons. The normalized spacial score (nSPS) is 12.4. The molecule has 0 atom stereocenters. The fraction of sp³-hybridized carbons (Fsp3) is 0.174. The van der Waals surface area contributed by atoms with E-state index in [2.05, 4.69) is 10.0 Å². The van der Waals surface area contributed by atoms with Gasteiger partial charge in [-0.15, -0.1) is 0 Å². The van der Waals surface area contributed by atoms with Crippen molar-refractivity contribution in [2.45, 2.75) is 11.3 Å². The van der Waals surface area contributed by atoms with E-state index in [0.717, 1.165) is 17.7 Å². The highest BCUT2D eigenvalue weighted by molar-refractivity contribution is 7.92. The lowest BCUT2D eigenvalue weighted by molar-refractivity contribution is 0.102. The second kappa shape index (κ2) is 8.80. The molecule has 1 aliphatic rings. The maximum atomic E-state index is 13.0. The molecule has 0 spiro atoms. The highest BCUT2D eigenvalue weighted by atomic mass is 32.2. The number of benzene rings is 3. The van der Waals surface area contributed by atoms with E-state index in [1.165, 1.54) is 26.4 Å². The molecule has 3 aromatic carbocycles. The van der Waals surface area contributed by atoms with Crippen molar-refractivity contribution < 1.29 is 27.4 Å². The summed E-state index contributed by atoms with van der Waals surface area (Å²) < 4.78 is 44.3. The number of rotatable bonds is 7. The minimum Gasteiger partial charge on any atom is -0.497 e. The Labute approximate surface area is 186 Å². The predicted molar refractivity (Wildman–Crippen MR) is 120 cm³/mol. The van der Waals surface area contributed by atoms with Gasteiger partial charge in [-0.2, -0.15) is 0 Å². The van der Waals surface area contributed by atoms with Crippen LogP contribution in [0.2, 0.25) is 0 Å². The highest BCUT2D eigenvalue weighted by Gasteiger charge is 2.22. The van der Waals surface area contributed by atoms with E-state index in [0.29, 0.717) is 29.3 Å². The van der Waals surface area contributed by atoms with Gasteiger partial charge >= 0.3 is 0 Å². The molecule has 2 N–H and O–H groups in total. The van der Waals surface area contributed by atoms with Crippen molar-refractivity contribution in [2.75, 3.05) is 30.9 Å². The average Bonchev–Trinajstić information content (AvgIpc) is 3.27. The number of sulfonamides is 1. The smallest absolute Gasteiger partial charge is 0.265 e. The lowest BCUT2D eigenvalue weighted by Crippen LogP contribution is -2.16. The van der Waals surface area contributed by atoms with Crippen molar-refractivity contribution in [1.82, 2.24) is 0 Å². The highest BCUT2D eigenvalue weighted by Crippen LogP contribution is 2.30. The molecular formula is C23H22N2O6S. The molecule has 1 amide bonds. The molecular weight excluding hydrogens is 432 g/mol. The van der Waals surface area contributed by atoms with E-state index in [1.807, 2.05) is 0 Å². The Bertz CT molecular complexity index is 1260. The Morgan fingerprint density at radius 1 is 0.938 bits per heavy atom. The van der Waals surface area contributed by atoms with E-state index in [4.69, 9.17) is 14.2 Å². The third-order valence-electron chi connectivity index (χ3n) is 5.00. The quantitative estimate of drug-likeness (QED) is 0.564. The number of hydrogen-bond acceptors (Lipinski definition) is 6. The molecule has 8 nitrogen and oxygen atoms in total. The van der Waals surface area contributed by atoms with Crippen LogP contribution in [0.3, 0.4) is 0 Å². The number of fused-ring (bicyclic) bond motifs is 1. The minimum absolute atomic E-state index is 0.101. The van der Waals surface area contributed by atoms with Crippen LogP contribution in [0.1, 0.15) is 15.9 Å². The lowest BCUT2D eigenvalue weighted by atomic mass is 10.1. The van der Waals surface area contributed by atoms with Gasteiger partial charge in [-0.1, -0.05) is 0 Å². The number of anilines is 2. The maximum absolute atomic E-state index is 13.0. The predicted octanol–water partition coefficient (Wildman–Crippen LogP) is 3.69. The molecule has 32 heavy (non-hydrogen) atoms. The van der Waals surface area contributed by atoms with Gasteiger partial charge < -0.3 is 19.5 Å². The summed E-state index contributed by atoms with van der Waals surface area (Å²) in [4.78, 5) is 12.6. The van der Waals surface area contributed by atoms with E-state index >= 15 is 0 Å². The Morgan fingerprint density at radius 3 is 2.41 bits per heavy atom. The van der Waals surface area contributed by atoms with Gasteiger partial charge in [0, 0.05) is 23.4 Å². The van der Waals surface area contributed by atoms with Crippen LogP contribution in [0.5, 0.6) is 17.2 Å². The molecule has 0 aromatic heterocycles. The zero-order valence-corrected chi connectivity index (χ0v) is 18.4. The first kappa shape index (κ1) is 21.5. The van der Waals surface area contributed by atoms with Crippen LogP contribution in [-0.4, -0.2) is 35.2 Å². The van der Waals surface area contributed by atoms with Crippen molar-refractivity contribution >= 4 is 27.3 Å². The summed E-state index contributed by atoms with van der Waals surface area (Å²) >= 11 is 0. The Hall–Kier alpha value is -3.72. The van der Waals surface area contributed by atoms with Gasteiger partial charge in [0.15, 0.2) is 0 Å². The summed E-state index contributed by atoms with van der Waals surface area (Å²) in [6.45, 7) is 0.599. The third kappa shape index (κ3) is 4.47. The Morgan fingerprint density at radius 2 is 1.69 bits per heavy atom. The molecule has 0 fully saturated rings. The van der Waals surface area contributed by atoms with Gasteiger partial charge in [0.05, 0.1) is 20.8 Å². The first-order chi connectivity index (χ1) is 15.4. The molecule has 0 radical (unpaired) electrons. The van der Waals surface area contributed by atoms with Gasteiger partial charge in [-0.3, -0.25) is 9.52 Å². The number of ether oxygens (including phenoxy) is 3. The van der Waals surface area contributed by atoms with E-state index < -0.39 is 10.0 Å². The average molecular weight is 455 g/mol. The SMILES string of the molecule is COc1ccc(NS(=O)(=O)c2cc(NC(=O)c3ccc4c(c3)CCO4)ccc2OC)cc1. The largest absolute Gasteiger partial charge is 0.497 e. The molecule has 4 rings (SSSR count). The number of amides is 1. The van der Waals surface area contributed by atoms with Crippen molar-refractivity contribution in [1.29, 1.82) is 0 Å².